The Morgan fingerprint density at radius 1 is 1.14 bits per heavy atom. The van der Waals surface area contributed by atoms with Crippen LogP contribution in [0.2, 0.25) is 0 Å². The zero-order valence-electron chi connectivity index (χ0n) is 16.9. The van der Waals surface area contributed by atoms with Crippen LogP contribution in [0.4, 0.5) is 0 Å². The van der Waals surface area contributed by atoms with E-state index in [-0.39, 0.29) is 0 Å². The van der Waals surface area contributed by atoms with Crippen LogP contribution in [-0.2, 0) is 12.8 Å². The van der Waals surface area contributed by atoms with E-state index in [1.165, 1.54) is 32.1 Å². The number of nitrogens with zero attached hydrogens (tertiary/aromatic N) is 1. The van der Waals surface area contributed by atoms with E-state index in [2.05, 4.69) is 29.8 Å². The summed E-state index contributed by atoms with van der Waals surface area (Å²) in [4.78, 5) is 16.9. The van der Waals surface area contributed by atoms with Gasteiger partial charge in [-0.05, 0) is 54.9 Å². The van der Waals surface area contributed by atoms with Gasteiger partial charge in [0.1, 0.15) is 0 Å². The Bertz CT molecular complexity index is 808. The molecule has 28 heavy (non-hydrogen) atoms. The first-order valence-electron chi connectivity index (χ1n) is 10.5. The minimum Gasteiger partial charge on any atom is -0.478 e. The van der Waals surface area contributed by atoms with Crippen LogP contribution in [0.15, 0.2) is 34.8 Å². The summed E-state index contributed by atoms with van der Waals surface area (Å²) in [5.41, 5.74) is 4.10. The van der Waals surface area contributed by atoms with Crippen molar-refractivity contribution in [2.45, 2.75) is 65.2 Å². The van der Waals surface area contributed by atoms with Crippen molar-refractivity contribution < 1.29 is 9.90 Å². The highest BCUT2D eigenvalue weighted by molar-refractivity contribution is 9.10. The fraction of sp³-hybridized carbons (Fsp3) is 0.500. The number of benzene rings is 1. The monoisotopic (exact) mass is 443 g/mol. The summed E-state index contributed by atoms with van der Waals surface area (Å²) >= 11 is 3.47. The van der Waals surface area contributed by atoms with E-state index >= 15 is 0 Å². The van der Waals surface area contributed by atoms with Gasteiger partial charge in [-0.3, -0.25) is 4.98 Å². The molecule has 1 aliphatic carbocycles. The molecule has 0 atom stereocenters. The summed E-state index contributed by atoms with van der Waals surface area (Å²) in [6, 6.07) is 9.89. The normalized spacial score (nSPS) is 15.1. The number of rotatable bonds is 7. The molecule has 1 aromatic heterocycles. The number of aromatic nitrogens is 1. The second kappa shape index (κ2) is 9.69. The van der Waals surface area contributed by atoms with E-state index in [1.54, 1.807) is 0 Å². The van der Waals surface area contributed by atoms with Crippen LogP contribution in [0.3, 0.4) is 0 Å². The smallest absolute Gasteiger partial charge is 0.337 e. The van der Waals surface area contributed by atoms with E-state index in [9.17, 15) is 9.90 Å². The van der Waals surface area contributed by atoms with Crippen LogP contribution in [0.1, 0.15) is 74.1 Å². The molecular formula is C24H30BrNO2. The molecule has 3 rings (SSSR count). The Morgan fingerprint density at radius 3 is 2.43 bits per heavy atom. The van der Waals surface area contributed by atoms with E-state index in [0.29, 0.717) is 11.5 Å². The summed E-state index contributed by atoms with van der Waals surface area (Å²) in [6.07, 6.45) is 9.17. The number of aromatic carboxylic acids is 1. The molecule has 1 aromatic carbocycles. The molecule has 1 fully saturated rings. The van der Waals surface area contributed by atoms with Crippen LogP contribution in [0.5, 0.6) is 0 Å². The molecule has 4 heteroatoms. The maximum Gasteiger partial charge on any atom is 0.337 e. The molecule has 3 nitrogen and oxygen atoms in total. The van der Waals surface area contributed by atoms with Crippen molar-refractivity contribution >= 4 is 21.9 Å². The molecule has 150 valence electrons. The molecule has 0 saturated heterocycles. The quantitative estimate of drug-likeness (QED) is 0.504. The fourth-order valence-electron chi connectivity index (χ4n) is 4.21. The number of hydrogen-bond acceptors (Lipinski definition) is 2. The third-order valence-corrected chi connectivity index (χ3v) is 6.21. The Labute approximate surface area is 176 Å². The van der Waals surface area contributed by atoms with Gasteiger partial charge < -0.3 is 5.11 Å². The first kappa shape index (κ1) is 21.0. The predicted molar refractivity (Wildman–Crippen MR) is 118 cm³/mol. The van der Waals surface area contributed by atoms with Crippen molar-refractivity contribution in [3.8, 4) is 11.1 Å². The van der Waals surface area contributed by atoms with Crippen molar-refractivity contribution in [3.05, 3.63) is 51.8 Å². The van der Waals surface area contributed by atoms with E-state index in [0.717, 1.165) is 52.2 Å². The number of halogens is 1. The minimum atomic E-state index is -0.874. The molecule has 1 aliphatic rings. The molecule has 1 saturated carbocycles. The lowest BCUT2D eigenvalue weighted by atomic mass is 9.85. The average molecular weight is 444 g/mol. The Kier molecular flexibility index (Phi) is 7.28. The number of carboxylic acid groups (broad SMARTS) is 1. The fourth-order valence-corrected chi connectivity index (χ4v) is 4.47. The van der Waals surface area contributed by atoms with Crippen LogP contribution in [0, 0.1) is 11.8 Å². The van der Waals surface area contributed by atoms with Gasteiger partial charge in [-0.2, -0.15) is 0 Å². The Morgan fingerprint density at radius 2 is 1.82 bits per heavy atom. The van der Waals surface area contributed by atoms with Crippen LogP contribution >= 0.6 is 15.9 Å². The minimum absolute atomic E-state index is 0.362. The van der Waals surface area contributed by atoms with Crippen molar-refractivity contribution in [1.82, 2.24) is 4.98 Å². The molecule has 1 heterocycles. The van der Waals surface area contributed by atoms with Crippen molar-refractivity contribution in [1.29, 1.82) is 0 Å². The predicted octanol–water partition coefficient (Wildman–Crippen LogP) is 6.92. The van der Waals surface area contributed by atoms with Gasteiger partial charge in [-0.1, -0.05) is 74.0 Å². The Hall–Kier alpha value is -1.68. The van der Waals surface area contributed by atoms with Gasteiger partial charge in [0.25, 0.3) is 0 Å². The highest BCUT2D eigenvalue weighted by Crippen LogP contribution is 2.31. The second-order valence-corrected chi connectivity index (χ2v) is 9.35. The summed E-state index contributed by atoms with van der Waals surface area (Å²) < 4.78 is 1.01. The molecular weight excluding hydrogens is 414 g/mol. The van der Waals surface area contributed by atoms with Crippen LogP contribution in [-0.4, -0.2) is 16.1 Å². The summed E-state index contributed by atoms with van der Waals surface area (Å²) in [6.45, 7) is 4.36. The van der Waals surface area contributed by atoms with E-state index in [4.69, 9.17) is 4.98 Å². The maximum absolute atomic E-state index is 12.0. The van der Waals surface area contributed by atoms with Crippen molar-refractivity contribution in [3.63, 3.8) is 0 Å². The Balaban J connectivity index is 1.96. The average Bonchev–Trinajstić information content (AvgIpc) is 2.67. The topological polar surface area (TPSA) is 50.2 Å². The molecule has 0 radical (unpaired) electrons. The van der Waals surface area contributed by atoms with Gasteiger partial charge in [-0.25, -0.2) is 4.79 Å². The van der Waals surface area contributed by atoms with Crippen molar-refractivity contribution in [2.24, 2.45) is 11.8 Å². The highest BCUT2D eigenvalue weighted by atomic mass is 79.9. The number of carboxylic acids is 1. The van der Waals surface area contributed by atoms with Gasteiger partial charge in [0.05, 0.1) is 11.3 Å². The van der Waals surface area contributed by atoms with Crippen molar-refractivity contribution in [2.75, 3.05) is 0 Å². The van der Waals surface area contributed by atoms with Crippen LogP contribution in [0.25, 0.3) is 11.1 Å². The maximum atomic E-state index is 12.0. The largest absolute Gasteiger partial charge is 0.478 e. The third-order valence-electron chi connectivity index (χ3n) is 5.68. The second-order valence-electron chi connectivity index (χ2n) is 8.43. The van der Waals surface area contributed by atoms with E-state index < -0.39 is 5.97 Å². The zero-order valence-corrected chi connectivity index (χ0v) is 18.5. The van der Waals surface area contributed by atoms with Gasteiger partial charge in [0, 0.05) is 15.7 Å². The summed E-state index contributed by atoms with van der Waals surface area (Å²) in [7, 11) is 0. The summed E-state index contributed by atoms with van der Waals surface area (Å²) in [5.74, 6) is 0.307. The molecule has 0 spiro atoms. The zero-order chi connectivity index (χ0) is 20.1. The lowest BCUT2D eigenvalue weighted by Crippen LogP contribution is -2.13. The third kappa shape index (κ3) is 5.44. The van der Waals surface area contributed by atoms with Gasteiger partial charge in [0.15, 0.2) is 0 Å². The number of pyridine rings is 1. The van der Waals surface area contributed by atoms with Gasteiger partial charge >= 0.3 is 5.97 Å². The highest BCUT2D eigenvalue weighted by Gasteiger charge is 2.20. The molecule has 1 N–H and O–H groups in total. The lowest BCUT2D eigenvalue weighted by Gasteiger charge is -2.22. The standard InChI is InChI=1S/C24H30BrNO2/c1-16(2)14-23-20(18-9-11-19(25)12-10-18)15-21(24(27)28)22(26-23)13-8-17-6-4-3-5-7-17/h9-12,15-17H,3-8,13-14H2,1-2H3,(H,27,28). The first-order chi connectivity index (χ1) is 13.4. The van der Waals surface area contributed by atoms with E-state index in [1.807, 2.05) is 30.3 Å². The van der Waals surface area contributed by atoms with Crippen LogP contribution < -0.4 is 0 Å². The van der Waals surface area contributed by atoms with Gasteiger partial charge in [-0.15, -0.1) is 0 Å². The first-order valence-corrected chi connectivity index (χ1v) is 11.3. The number of hydrogen-bond donors (Lipinski definition) is 1. The lowest BCUT2D eigenvalue weighted by molar-refractivity contribution is 0.0695. The number of carbonyl (C=O) groups is 1. The molecule has 0 amide bonds. The molecule has 0 bridgehead atoms. The molecule has 2 aromatic rings. The molecule has 0 aliphatic heterocycles. The molecule has 0 unspecified atom stereocenters. The number of aryl methyl sites for hydroxylation is 1. The SMILES string of the molecule is CC(C)Cc1nc(CCC2CCCCC2)c(C(=O)O)cc1-c1ccc(Br)cc1. The van der Waals surface area contributed by atoms with Gasteiger partial charge in [0.2, 0.25) is 0 Å². The summed E-state index contributed by atoms with van der Waals surface area (Å²) in [5, 5.41) is 9.84.